The van der Waals surface area contributed by atoms with Gasteiger partial charge in [0.05, 0.1) is 6.42 Å². The maximum absolute atomic E-state index is 13.5. The zero-order valence-corrected chi connectivity index (χ0v) is 11.4. The molecule has 1 aliphatic heterocycles. The van der Waals surface area contributed by atoms with Gasteiger partial charge in [0, 0.05) is 42.7 Å². The number of aliphatic carboxylic acids is 1. The highest BCUT2D eigenvalue weighted by Gasteiger charge is 2.22. The van der Waals surface area contributed by atoms with E-state index in [9.17, 15) is 9.18 Å². The molecule has 0 amide bonds. The molecule has 0 spiro atoms. The summed E-state index contributed by atoms with van der Waals surface area (Å²) in [5.74, 6) is -1.06. The van der Waals surface area contributed by atoms with Crippen LogP contribution in [0.3, 0.4) is 0 Å². The van der Waals surface area contributed by atoms with Crippen molar-refractivity contribution < 1.29 is 14.3 Å². The van der Waals surface area contributed by atoms with Crippen molar-refractivity contribution >= 4 is 16.9 Å². The Balaban J connectivity index is 2.15. The van der Waals surface area contributed by atoms with Crippen molar-refractivity contribution in [3.63, 3.8) is 0 Å². The molecule has 0 saturated heterocycles. The number of hydrogen-bond donors (Lipinski definition) is 1. The van der Waals surface area contributed by atoms with Gasteiger partial charge in [-0.1, -0.05) is 0 Å². The molecule has 106 valence electrons. The second-order valence-electron chi connectivity index (χ2n) is 5.37. The predicted molar refractivity (Wildman–Crippen MR) is 74.2 cm³/mol. The number of carbonyl (C=O) groups is 1. The average Bonchev–Trinajstić information content (AvgIpc) is 2.69. The number of fused-ring (bicyclic) bond motifs is 3. The number of carboxylic acid groups (broad SMARTS) is 1. The van der Waals surface area contributed by atoms with Crippen molar-refractivity contribution in [2.45, 2.75) is 25.9 Å². The van der Waals surface area contributed by atoms with Crippen molar-refractivity contribution in [1.82, 2.24) is 9.47 Å². The fourth-order valence-corrected chi connectivity index (χ4v) is 3.02. The molecule has 0 bridgehead atoms. The fraction of sp³-hybridized carbons (Fsp3) is 0.400. The summed E-state index contributed by atoms with van der Waals surface area (Å²) >= 11 is 0. The highest BCUT2D eigenvalue weighted by Crippen LogP contribution is 2.31. The molecule has 0 atom stereocenters. The number of likely N-dealkylation sites (N-methyl/N-ethyl adjacent to an activating group) is 1. The number of nitrogens with zero attached hydrogens (tertiary/aromatic N) is 2. The van der Waals surface area contributed by atoms with Gasteiger partial charge in [-0.25, -0.2) is 4.39 Å². The van der Waals surface area contributed by atoms with Gasteiger partial charge in [0.1, 0.15) is 5.82 Å². The van der Waals surface area contributed by atoms with Crippen LogP contribution < -0.4 is 0 Å². The maximum atomic E-state index is 13.5. The number of hydrogen-bond acceptors (Lipinski definition) is 2. The lowest BCUT2D eigenvalue weighted by molar-refractivity contribution is -0.137. The molecule has 1 aliphatic rings. The lowest BCUT2D eigenvalue weighted by atomic mass is 10.0. The molecule has 1 N–H and O–H groups in total. The summed E-state index contributed by atoms with van der Waals surface area (Å²) in [7, 11) is 2.04. The summed E-state index contributed by atoms with van der Waals surface area (Å²) < 4.78 is 15.6. The normalized spacial score (nSPS) is 15.5. The Kier molecular flexibility index (Phi) is 3.22. The first-order chi connectivity index (χ1) is 9.56. The molecule has 1 aromatic carbocycles. The minimum atomic E-state index is -0.810. The van der Waals surface area contributed by atoms with Crippen LogP contribution in [-0.4, -0.2) is 34.1 Å². The highest BCUT2D eigenvalue weighted by molar-refractivity contribution is 5.86. The quantitative estimate of drug-likeness (QED) is 0.935. The van der Waals surface area contributed by atoms with Crippen molar-refractivity contribution in [2.24, 2.45) is 0 Å². The second-order valence-corrected chi connectivity index (χ2v) is 5.37. The van der Waals surface area contributed by atoms with Gasteiger partial charge in [0.15, 0.2) is 0 Å². The minimum Gasteiger partial charge on any atom is -0.481 e. The Morgan fingerprint density at radius 1 is 1.45 bits per heavy atom. The van der Waals surface area contributed by atoms with Crippen LogP contribution in [0.15, 0.2) is 18.2 Å². The van der Waals surface area contributed by atoms with Crippen molar-refractivity contribution in [1.29, 1.82) is 0 Å². The molecular weight excluding hydrogens is 259 g/mol. The first-order valence-corrected chi connectivity index (χ1v) is 6.76. The van der Waals surface area contributed by atoms with Gasteiger partial charge in [0.2, 0.25) is 0 Å². The van der Waals surface area contributed by atoms with Crippen LogP contribution in [-0.2, 0) is 24.3 Å². The van der Waals surface area contributed by atoms with E-state index < -0.39 is 5.97 Å². The molecule has 2 heterocycles. The topological polar surface area (TPSA) is 45.5 Å². The van der Waals surface area contributed by atoms with Crippen molar-refractivity contribution in [3.8, 4) is 0 Å². The molecule has 4 nitrogen and oxygen atoms in total. The summed E-state index contributed by atoms with van der Waals surface area (Å²) in [6, 6.07) is 4.75. The van der Waals surface area contributed by atoms with E-state index in [-0.39, 0.29) is 12.2 Å². The van der Waals surface area contributed by atoms with Crippen LogP contribution in [0.25, 0.3) is 10.9 Å². The average molecular weight is 276 g/mol. The standard InChI is InChI=1S/C15H17FN2O2/c1-17-6-4-14-12(9-17)11-8-10(16)2-3-13(11)18(14)7-5-15(19)20/h2-3,8H,4-7,9H2,1H3,(H,19,20). The SMILES string of the molecule is CN1CCc2c(c3cc(F)ccc3n2CCC(=O)O)C1. The van der Waals surface area contributed by atoms with Gasteiger partial charge in [-0.3, -0.25) is 4.79 Å². The minimum absolute atomic E-state index is 0.0867. The van der Waals surface area contributed by atoms with Crippen molar-refractivity contribution in [2.75, 3.05) is 13.6 Å². The van der Waals surface area contributed by atoms with Gasteiger partial charge in [-0.05, 0) is 30.8 Å². The Labute approximate surface area is 116 Å². The monoisotopic (exact) mass is 276 g/mol. The van der Waals surface area contributed by atoms with Crippen LogP contribution >= 0.6 is 0 Å². The van der Waals surface area contributed by atoms with E-state index in [1.165, 1.54) is 6.07 Å². The second kappa shape index (κ2) is 4.90. The smallest absolute Gasteiger partial charge is 0.305 e. The third-order valence-corrected chi connectivity index (χ3v) is 3.96. The summed E-state index contributed by atoms with van der Waals surface area (Å²) in [6.07, 6.45) is 0.963. The number of aryl methyl sites for hydroxylation is 1. The van der Waals surface area contributed by atoms with Gasteiger partial charge in [-0.15, -0.1) is 0 Å². The van der Waals surface area contributed by atoms with E-state index in [2.05, 4.69) is 4.90 Å². The third kappa shape index (κ3) is 2.18. The summed E-state index contributed by atoms with van der Waals surface area (Å²) in [6.45, 7) is 2.17. The molecule has 2 aromatic rings. The fourth-order valence-electron chi connectivity index (χ4n) is 3.02. The predicted octanol–water partition coefficient (Wildman–Crippen LogP) is 2.24. The number of rotatable bonds is 3. The highest BCUT2D eigenvalue weighted by atomic mass is 19.1. The maximum Gasteiger partial charge on any atom is 0.305 e. The number of carboxylic acids is 1. The molecular formula is C15H17FN2O2. The van der Waals surface area contributed by atoms with Gasteiger partial charge >= 0.3 is 5.97 Å². The summed E-state index contributed by atoms with van der Waals surface area (Å²) in [4.78, 5) is 13.0. The van der Waals surface area contributed by atoms with Gasteiger partial charge in [-0.2, -0.15) is 0 Å². The van der Waals surface area contributed by atoms with E-state index in [0.717, 1.165) is 41.7 Å². The van der Waals surface area contributed by atoms with E-state index in [4.69, 9.17) is 5.11 Å². The van der Waals surface area contributed by atoms with Crippen molar-refractivity contribution in [3.05, 3.63) is 35.3 Å². The lowest BCUT2D eigenvalue weighted by Gasteiger charge is -2.24. The first kappa shape index (κ1) is 13.1. The van der Waals surface area contributed by atoms with Gasteiger partial charge in [0.25, 0.3) is 0 Å². The lowest BCUT2D eigenvalue weighted by Crippen LogP contribution is -2.27. The third-order valence-electron chi connectivity index (χ3n) is 3.96. The molecule has 3 rings (SSSR count). The number of halogens is 1. The Morgan fingerprint density at radius 2 is 2.25 bits per heavy atom. The molecule has 0 aliphatic carbocycles. The Morgan fingerprint density at radius 3 is 3.00 bits per heavy atom. The molecule has 20 heavy (non-hydrogen) atoms. The van der Waals surface area contributed by atoms with E-state index in [0.29, 0.717) is 6.54 Å². The van der Waals surface area contributed by atoms with E-state index >= 15 is 0 Å². The van der Waals surface area contributed by atoms with Crippen LogP contribution in [0.4, 0.5) is 4.39 Å². The molecule has 1 aromatic heterocycles. The number of aromatic nitrogens is 1. The summed E-state index contributed by atoms with van der Waals surface area (Å²) in [5.41, 5.74) is 3.23. The van der Waals surface area contributed by atoms with E-state index in [1.807, 2.05) is 11.6 Å². The Hall–Kier alpha value is -1.88. The number of benzene rings is 1. The van der Waals surface area contributed by atoms with Crippen LogP contribution in [0, 0.1) is 5.82 Å². The van der Waals surface area contributed by atoms with Crippen LogP contribution in [0.5, 0.6) is 0 Å². The molecule has 0 unspecified atom stereocenters. The van der Waals surface area contributed by atoms with Crippen LogP contribution in [0.2, 0.25) is 0 Å². The Bertz CT molecular complexity index is 678. The zero-order valence-electron chi connectivity index (χ0n) is 11.4. The van der Waals surface area contributed by atoms with Crippen LogP contribution in [0.1, 0.15) is 17.7 Å². The molecule has 0 fully saturated rings. The molecule has 5 heteroatoms. The first-order valence-electron chi connectivity index (χ1n) is 6.76. The molecule has 0 saturated carbocycles. The van der Waals surface area contributed by atoms with Gasteiger partial charge < -0.3 is 14.6 Å². The summed E-state index contributed by atoms with van der Waals surface area (Å²) in [5, 5.41) is 9.81. The largest absolute Gasteiger partial charge is 0.481 e. The molecule has 0 radical (unpaired) electrons. The van der Waals surface area contributed by atoms with E-state index in [1.54, 1.807) is 12.1 Å². The zero-order chi connectivity index (χ0) is 14.3.